The Hall–Kier alpha value is 0.419. The van der Waals surface area contributed by atoms with E-state index < -0.39 is 0 Å². The van der Waals surface area contributed by atoms with E-state index in [2.05, 4.69) is 32.1 Å². The molecule has 0 bridgehead atoms. The Morgan fingerprint density at radius 2 is 1.71 bits per heavy atom. The molecule has 7 heavy (non-hydrogen) atoms. The molecule has 0 atom stereocenters. The Morgan fingerprint density at radius 3 is 1.71 bits per heavy atom. The van der Waals surface area contributed by atoms with Crippen molar-refractivity contribution < 1.29 is 15.1 Å². The van der Waals surface area contributed by atoms with Gasteiger partial charge in [0.25, 0.3) is 0 Å². The second kappa shape index (κ2) is 9.65. The van der Waals surface area contributed by atoms with Crippen LogP contribution in [0.3, 0.4) is 0 Å². The maximum absolute atomic E-state index is 4.45. The summed E-state index contributed by atoms with van der Waals surface area (Å²) in [5, 5.41) is 0. The predicted octanol–water partition coefficient (Wildman–Crippen LogP) is 2.47. The molecule has 0 radical (unpaired) electrons. The topological polar surface area (TPSA) is 0 Å². The molecule has 0 unspecified atom stereocenters. The van der Waals surface area contributed by atoms with Crippen LogP contribution in [0, 0.1) is 6.92 Å². The summed E-state index contributed by atoms with van der Waals surface area (Å²) in [5.41, 5.74) is 1.27. The van der Waals surface area contributed by atoms with Gasteiger partial charge in [-0.05, 0) is 0 Å². The zero-order valence-electron chi connectivity index (χ0n) is 4.54. The molecule has 0 fully saturated rings. The fourth-order valence-electron chi connectivity index (χ4n) is 0. The van der Waals surface area contributed by atoms with Crippen molar-refractivity contribution >= 4 is 10.1 Å². The van der Waals surface area contributed by atoms with Crippen molar-refractivity contribution in [2.24, 2.45) is 0 Å². The van der Waals surface area contributed by atoms with Gasteiger partial charge in [-0.25, -0.2) is 18.6 Å². The molecule has 0 aliphatic carbocycles. The SMILES string of the molecule is [CH2-]C=C(C)C.[Cl][Mn+]. The van der Waals surface area contributed by atoms with Crippen LogP contribution in [0.25, 0.3) is 0 Å². The molecule has 0 rings (SSSR count). The van der Waals surface area contributed by atoms with Gasteiger partial charge in [-0.3, -0.25) is 0 Å². The van der Waals surface area contributed by atoms with Crippen molar-refractivity contribution in [3.8, 4) is 0 Å². The number of rotatable bonds is 0. The van der Waals surface area contributed by atoms with Gasteiger partial charge in [0.2, 0.25) is 0 Å². The van der Waals surface area contributed by atoms with Crippen molar-refractivity contribution in [1.82, 2.24) is 0 Å². The van der Waals surface area contributed by atoms with Crippen molar-refractivity contribution in [2.45, 2.75) is 13.8 Å². The Bertz CT molecular complexity index is 46.0. The number of halogens is 1. The Morgan fingerprint density at radius 1 is 1.57 bits per heavy atom. The van der Waals surface area contributed by atoms with Gasteiger partial charge in [-0.1, -0.05) is 0 Å². The van der Waals surface area contributed by atoms with E-state index in [0.717, 1.165) is 0 Å². The Balaban J connectivity index is 0. The van der Waals surface area contributed by atoms with E-state index in [9.17, 15) is 0 Å². The summed E-state index contributed by atoms with van der Waals surface area (Å²) in [6.45, 7) is 7.56. The third kappa shape index (κ3) is 21.4. The number of hydrogen-bond donors (Lipinski definition) is 0. The molecule has 0 aromatic rings. The van der Waals surface area contributed by atoms with Gasteiger partial charge in [-0.15, -0.1) is 13.8 Å². The van der Waals surface area contributed by atoms with Crippen LogP contribution >= 0.6 is 10.1 Å². The van der Waals surface area contributed by atoms with Gasteiger partial charge in [0.15, 0.2) is 0 Å². The summed E-state index contributed by atoms with van der Waals surface area (Å²) < 4.78 is 0. The van der Waals surface area contributed by atoms with Gasteiger partial charge in [-0.2, -0.15) is 0 Å². The zero-order valence-corrected chi connectivity index (χ0v) is 6.48. The molecular formula is C5H9ClMn. The van der Waals surface area contributed by atoms with Crippen LogP contribution in [0.2, 0.25) is 0 Å². The van der Waals surface area contributed by atoms with Gasteiger partial charge < -0.3 is 0 Å². The first-order chi connectivity index (χ1) is 3.27. The quantitative estimate of drug-likeness (QED) is 0.376. The molecule has 0 aliphatic heterocycles. The molecule has 0 aromatic heterocycles. The van der Waals surface area contributed by atoms with E-state index >= 15 is 0 Å². The predicted molar refractivity (Wildman–Crippen MR) is 30.6 cm³/mol. The van der Waals surface area contributed by atoms with E-state index in [0.29, 0.717) is 0 Å². The summed E-state index contributed by atoms with van der Waals surface area (Å²) >= 11 is 2.41. The van der Waals surface area contributed by atoms with Crippen LogP contribution in [-0.2, 0) is 15.1 Å². The second-order valence-corrected chi connectivity index (χ2v) is 1.28. The summed E-state index contributed by atoms with van der Waals surface area (Å²) in [6.07, 6.45) is 1.83. The third-order valence-corrected chi connectivity index (χ3v) is 0.408. The van der Waals surface area contributed by atoms with Gasteiger partial charge >= 0.3 is 25.2 Å². The van der Waals surface area contributed by atoms with Crippen molar-refractivity contribution in [2.75, 3.05) is 0 Å². The van der Waals surface area contributed by atoms with Gasteiger partial charge in [0, 0.05) is 0 Å². The van der Waals surface area contributed by atoms with Crippen molar-refractivity contribution in [3.05, 3.63) is 18.6 Å². The average Bonchev–Trinajstić information content (AvgIpc) is 1.73. The average molecular weight is 160 g/mol. The molecule has 0 amide bonds. The minimum atomic E-state index is 1.27. The van der Waals surface area contributed by atoms with Gasteiger partial charge in [0.05, 0.1) is 0 Å². The zero-order chi connectivity index (χ0) is 6.28. The molecule has 0 aliphatic rings. The standard InChI is InChI=1S/C5H9.ClH.Mn/c1-4-5(2)3;;/h4H,1H2,2-3H3;1H;/q-1;;+2/p-1. The second-order valence-electron chi connectivity index (χ2n) is 1.28. The maximum atomic E-state index is 4.45. The molecule has 0 saturated carbocycles. The van der Waals surface area contributed by atoms with Crippen LogP contribution in [0.15, 0.2) is 11.6 Å². The first-order valence-electron chi connectivity index (χ1n) is 1.84. The molecule has 0 aromatic carbocycles. The first-order valence-corrected chi connectivity index (χ1v) is 3.46. The summed E-state index contributed by atoms with van der Waals surface area (Å²) in [7, 11) is 4.45. The first kappa shape index (κ1) is 10.4. The molecule has 0 saturated heterocycles. The number of allylic oxidation sites excluding steroid dienone is 2. The monoisotopic (exact) mass is 159 g/mol. The van der Waals surface area contributed by atoms with Crippen molar-refractivity contribution in [1.29, 1.82) is 0 Å². The molecule has 0 heterocycles. The van der Waals surface area contributed by atoms with Crippen LogP contribution in [0.5, 0.6) is 0 Å². The summed E-state index contributed by atoms with van der Waals surface area (Å²) in [5.74, 6) is 0. The molecular weight excluding hydrogens is 150 g/mol. The van der Waals surface area contributed by atoms with E-state index in [1.807, 2.05) is 19.9 Å². The summed E-state index contributed by atoms with van der Waals surface area (Å²) in [4.78, 5) is 0. The van der Waals surface area contributed by atoms with E-state index in [-0.39, 0.29) is 0 Å². The van der Waals surface area contributed by atoms with E-state index in [4.69, 9.17) is 0 Å². The van der Waals surface area contributed by atoms with Crippen LogP contribution in [0.4, 0.5) is 0 Å². The third-order valence-electron chi connectivity index (χ3n) is 0.408. The summed E-state index contributed by atoms with van der Waals surface area (Å²) in [6, 6.07) is 0. The molecule has 2 heteroatoms. The normalized spacial score (nSPS) is 5.57. The van der Waals surface area contributed by atoms with E-state index in [1.54, 1.807) is 0 Å². The fraction of sp³-hybridized carbons (Fsp3) is 0.400. The Labute approximate surface area is 58.0 Å². The molecule has 0 N–H and O–H groups in total. The van der Waals surface area contributed by atoms with Gasteiger partial charge in [0.1, 0.15) is 0 Å². The molecule has 43 valence electrons. The number of hydrogen-bond acceptors (Lipinski definition) is 0. The Kier molecular flexibility index (Phi) is 14.4. The molecule has 0 spiro atoms. The van der Waals surface area contributed by atoms with Crippen molar-refractivity contribution in [3.63, 3.8) is 0 Å². The molecule has 0 nitrogen and oxygen atoms in total. The van der Waals surface area contributed by atoms with Crippen LogP contribution in [-0.4, -0.2) is 0 Å². The minimum absolute atomic E-state index is 1.27. The van der Waals surface area contributed by atoms with E-state index in [1.165, 1.54) is 5.57 Å². The van der Waals surface area contributed by atoms with Crippen LogP contribution in [0.1, 0.15) is 13.8 Å². The van der Waals surface area contributed by atoms with Crippen LogP contribution < -0.4 is 0 Å². The fourth-order valence-corrected chi connectivity index (χ4v) is 0.